The third-order valence-corrected chi connectivity index (χ3v) is 5.27. The van der Waals surface area contributed by atoms with Crippen molar-refractivity contribution < 1.29 is 23.1 Å². The SMILES string of the molecule is O=C(NCc1nnc(-c2cn[nH]n2)s1)c1cc(C(O)C2=C(F)C=C(F)C=C(F)C2)c[nH]1. The third-order valence-electron chi connectivity index (χ3n) is 4.32. The van der Waals surface area contributed by atoms with Crippen LogP contribution in [0.5, 0.6) is 0 Å². The Morgan fingerprint density at radius 1 is 1.29 bits per heavy atom. The molecule has 0 radical (unpaired) electrons. The molecule has 4 N–H and O–H groups in total. The van der Waals surface area contributed by atoms with Gasteiger partial charge in [0.05, 0.1) is 12.7 Å². The van der Waals surface area contributed by atoms with E-state index in [1.807, 2.05) is 0 Å². The Kier molecular flexibility index (Phi) is 5.77. The van der Waals surface area contributed by atoms with Crippen LogP contribution in [0.2, 0.25) is 0 Å². The number of hydrogen-bond donors (Lipinski definition) is 4. The van der Waals surface area contributed by atoms with E-state index in [0.717, 1.165) is 0 Å². The molecule has 0 saturated heterocycles. The molecule has 3 heterocycles. The van der Waals surface area contributed by atoms with E-state index in [2.05, 4.69) is 35.9 Å². The van der Waals surface area contributed by atoms with E-state index in [1.54, 1.807) is 0 Å². The molecule has 160 valence electrons. The monoisotopic (exact) mass is 449 g/mol. The molecule has 3 aromatic rings. The molecule has 0 aromatic carbocycles. The Hall–Kier alpha value is -3.58. The summed E-state index contributed by atoms with van der Waals surface area (Å²) in [4.78, 5) is 15.0. The predicted octanol–water partition coefficient (Wildman–Crippen LogP) is 2.95. The van der Waals surface area contributed by atoms with Crippen molar-refractivity contribution in [2.75, 3.05) is 0 Å². The molecule has 1 atom stereocenters. The van der Waals surface area contributed by atoms with Crippen molar-refractivity contribution in [3.8, 4) is 10.7 Å². The van der Waals surface area contributed by atoms with Gasteiger partial charge >= 0.3 is 0 Å². The quantitative estimate of drug-likeness (QED) is 0.457. The first-order valence-electron chi connectivity index (χ1n) is 8.85. The Morgan fingerprint density at radius 3 is 2.90 bits per heavy atom. The van der Waals surface area contributed by atoms with Gasteiger partial charge in [-0.05, 0) is 6.07 Å². The number of amides is 1. The molecule has 0 spiro atoms. The van der Waals surface area contributed by atoms with Crippen LogP contribution in [0.15, 0.2) is 53.7 Å². The Morgan fingerprint density at radius 2 is 2.13 bits per heavy atom. The maximum absolute atomic E-state index is 14.1. The molecule has 4 rings (SSSR count). The van der Waals surface area contributed by atoms with Gasteiger partial charge in [-0.2, -0.15) is 15.4 Å². The van der Waals surface area contributed by atoms with Crippen LogP contribution in [0.3, 0.4) is 0 Å². The number of allylic oxidation sites excluding steroid dienone is 5. The number of hydrogen-bond acceptors (Lipinski definition) is 7. The van der Waals surface area contributed by atoms with Crippen LogP contribution in [0.4, 0.5) is 13.2 Å². The molecule has 0 saturated carbocycles. The number of aromatic amines is 2. The van der Waals surface area contributed by atoms with E-state index in [0.29, 0.717) is 27.9 Å². The lowest BCUT2D eigenvalue weighted by molar-refractivity contribution is 0.0946. The number of aliphatic hydroxyl groups is 1. The Labute approximate surface area is 176 Å². The van der Waals surface area contributed by atoms with Gasteiger partial charge in [0.15, 0.2) is 5.01 Å². The van der Waals surface area contributed by atoms with Gasteiger partial charge in [0, 0.05) is 35.9 Å². The second kappa shape index (κ2) is 8.65. The minimum atomic E-state index is -1.56. The van der Waals surface area contributed by atoms with Crippen LogP contribution in [-0.4, -0.2) is 41.6 Å². The van der Waals surface area contributed by atoms with Gasteiger partial charge in [0.2, 0.25) is 0 Å². The summed E-state index contributed by atoms with van der Waals surface area (Å²) in [6.07, 6.45) is 1.69. The molecular weight excluding hydrogens is 435 g/mol. The lowest BCUT2D eigenvalue weighted by Crippen LogP contribution is -2.23. The highest BCUT2D eigenvalue weighted by molar-refractivity contribution is 7.14. The number of carbonyl (C=O) groups is 1. The number of halogens is 3. The number of rotatable bonds is 6. The van der Waals surface area contributed by atoms with E-state index in [1.165, 1.54) is 29.8 Å². The molecule has 1 unspecified atom stereocenters. The minimum absolute atomic E-state index is 0.0858. The fourth-order valence-corrected chi connectivity index (χ4v) is 3.57. The van der Waals surface area contributed by atoms with Crippen molar-refractivity contribution in [3.63, 3.8) is 0 Å². The standard InChI is InChI=1S/C18H14F3N7O2S/c19-9-2-10(20)4-12(21)11(3-9)16(29)8-1-13(22-5-8)17(30)23-7-15-26-27-18(31-15)14-6-24-28-25-14/h1-2,4-6,16,22,29H,3,7H2,(H,23,30)(H,24,25,28). The molecule has 1 aliphatic carbocycles. The van der Waals surface area contributed by atoms with Gasteiger partial charge in [-0.25, -0.2) is 13.2 Å². The summed E-state index contributed by atoms with van der Waals surface area (Å²) in [7, 11) is 0. The highest BCUT2D eigenvalue weighted by atomic mass is 32.1. The number of nitrogens with zero attached hydrogens (tertiary/aromatic N) is 4. The summed E-state index contributed by atoms with van der Waals surface area (Å²) >= 11 is 1.22. The number of aliphatic hydroxyl groups excluding tert-OH is 1. The van der Waals surface area contributed by atoms with Crippen molar-refractivity contribution in [2.24, 2.45) is 0 Å². The van der Waals surface area contributed by atoms with Crippen molar-refractivity contribution in [2.45, 2.75) is 19.1 Å². The molecule has 1 amide bonds. The first kappa shape index (κ1) is 20.7. The van der Waals surface area contributed by atoms with Crippen LogP contribution >= 0.6 is 11.3 Å². The second-order valence-corrected chi connectivity index (χ2v) is 7.52. The highest BCUT2D eigenvalue weighted by Crippen LogP contribution is 2.34. The van der Waals surface area contributed by atoms with E-state index >= 15 is 0 Å². The Balaban J connectivity index is 1.42. The minimum Gasteiger partial charge on any atom is -0.384 e. The second-order valence-electron chi connectivity index (χ2n) is 6.46. The lowest BCUT2D eigenvalue weighted by Gasteiger charge is -2.13. The first-order chi connectivity index (χ1) is 14.9. The van der Waals surface area contributed by atoms with Gasteiger partial charge in [0.1, 0.15) is 40.0 Å². The Bertz CT molecular complexity index is 1200. The maximum Gasteiger partial charge on any atom is 0.268 e. The third kappa shape index (κ3) is 4.62. The molecule has 0 aliphatic heterocycles. The highest BCUT2D eigenvalue weighted by Gasteiger charge is 2.23. The molecule has 0 fully saturated rings. The summed E-state index contributed by atoms with van der Waals surface area (Å²) in [5.74, 6) is -3.59. The van der Waals surface area contributed by atoms with Gasteiger partial charge in [-0.3, -0.25) is 4.79 Å². The van der Waals surface area contributed by atoms with Crippen molar-refractivity contribution in [1.82, 2.24) is 35.9 Å². The van der Waals surface area contributed by atoms with Crippen LogP contribution in [-0.2, 0) is 6.54 Å². The van der Waals surface area contributed by atoms with Crippen molar-refractivity contribution in [1.29, 1.82) is 0 Å². The average Bonchev–Trinajstić information content (AvgIpc) is 3.49. The normalized spacial score (nSPS) is 15.4. The largest absolute Gasteiger partial charge is 0.384 e. The zero-order chi connectivity index (χ0) is 22.0. The fraction of sp³-hybridized carbons (Fsp3) is 0.167. The molecule has 1 aliphatic rings. The number of carbonyl (C=O) groups excluding carboxylic acids is 1. The fourth-order valence-electron chi connectivity index (χ4n) is 2.84. The molecule has 3 aromatic heterocycles. The topological polar surface area (TPSA) is 132 Å². The van der Waals surface area contributed by atoms with Crippen molar-refractivity contribution in [3.05, 3.63) is 69.9 Å². The molecule has 31 heavy (non-hydrogen) atoms. The van der Waals surface area contributed by atoms with Crippen LogP contribution < -0.4 is 5.32 Å². The number of nitrogens with one attached hydrogen (secondary N) is 3. The van der Waals surface area contributed by atoms with Crippen LogP contribution in [0.1, 0.15) is 33.6 Å². The first-order valence-corrected chi connectivity index (χ1v) is 9.67. The predicted molar refractivity (Wildman–Crippen MR) is 103 cm³/mol. The summed E-state index contributed by atoms with van der Waals surface area (Å²) in [6, 6.07) is 1.30. The molecule has 9 nitrogen and oxygen atoms in total. The van der Waals surface area contributed by atoms with Crippen molar-refractivity contribution >= 4 is 17.2 Å². The lowest BCUT2D eigenvalue weighted by atomic mass is 10.00. The summed E-state index contributed by atoms with van der Waals surface area (Å²) < 4.78 is 41.1. The van der Waals surface area contributed by atoms with E-state index in [-0.39, 0.29) is 23.4 Å². The smallest absolute Gasteiger partial charge is 0.268 e. The van der Waals surface area contributed by atoms with E-state index in [9.17, 15) is 23.1 Å². The van der Waals surface area contributed by atoms with Gasteiger partial charge in [0.25, 0.3) is 5.91 Å². The molecule has 13 heteroatoms. The van der Waals surface area contributed by atoms with E-state index < -0.39 is 35.9 Å². The number of H-pyrrole nitrogens is 2. The van der Waals surface area contributed by atoms with E-state index in [4.69, 9.17) is 0 Å². The maximum atomic E-state index is 14.1. The zero-order valence-corrected chi connectivity index (χ0v) is 16.4. The number of aromatic nitrogens is 6. The summed E-state index contributed by atoms with van der Waals surface area (Å²) in [5.41, 5.74) is 0.395. The molecular formula is C18H14F3N7O2S. The summed E-state index contributed by atoms with van der Waals surface area (Å²) in [5, 5.41) is 32.1. The molecule has 0 bridgehead atoms. The van der Waals surface area contributed by atoms with Crippen LogP contribution in [0.25, 0.3) is 10.7 Å². The average molecular weight is 449 g/mol. The van der Waals surface area contributed by atoms with Gasteiger partial charge in [-0.1, -0.05) is 11.3 Å². The van der Waals surface area contributed by atoms with Crippen LogP contribution in [0, 0.1) is 0 Å². The zero-order valence-electron chi connectivity index (χ0n) is 15.6. The summed E-state index contributed by atoms with van der Waals surface area (Å²) in [6.45, 7) is 0.0884. The van der Waals surface area contributed by atoms with Gasteiger partial charge in [-0.15, -0.1) is 10.2 Å². The van der Waals surface area contributed by atoms with Gasteiger partial charge < -0.3 is 15.4 Å².